The molecule has 4 heterocycles. The first-order valence-corrected chi connectivity index (χ1v) is 12.4. The lowest BCUT2D eigenvalue weighted by Crippen LogP contribution is -2.12. The lowest BCUT2D eigenvalue weighted by molar-refractivity contribution is 1.21. The third-order valence-corrected chi connectivity index (χ3v) is 8.21. The van der Waals surface area contributed by atoms with Crippen LogP contribution < -0.4 is 5.56 Å². The second-order valence-electron chi connectivity index (χ2n) is 9.92. The fraction of sp³-hybridized carbons (Fsp3) is 0. The van der Waals surface area contributed by atoms with E-state index in [0.29, 0.717) is 16.5 Å². The van der Waals surface area contributed by atoms with E-state index in [-0.39, 0.29) is 5.56 Å². The van der Waals surface area contributed by atoms with Gasteiger partial charge in [-0.1, -0.05) is 48.5 Å². The van der Waals surface area contributed by atoms with Crippen LogP contribution in [0.15, 0.2) is 89.7 Å². The molecule has 38 heavy (non-hydrogen) atoms. The highest BCUT2D eigenvalue weighted by atomic mass is 16.1. The summed E-state index contributed by atoms with van der Waals surface area (Å²) in [7, 11) is 0. The number of fused-ring (bicyclic) bond motifs is 13. The van der Waals surface area contributed by atoms with Crippen LogP contribution in [0.1, 0.15) is 11.1 Å². The number of aromatic nitrogens is 2. The topological polar surface area (TPSA) is 73.5 Å². The highest BCUT2D eigenvalue weighted by Crippen LogP contribution is 2.49. The number of nitriles is 2. The monoisotopic (exact) mass is 482 g/mol. The molecule has 0 saturated carbocycles. The Bertz CT molecular complexity index is 2630. The molecule has 0 aliphatic carbocycles. The van der Waals surface area contributed by atoms with Gasteiger partial charge in [0.15, 0.2) is 0 Å². The highest BCUT2D eigenvalue weighted by Gasteiger charge is 2.28. The molecule has 5 nitrogen and oxygen atoms in total. The molecule has 0 bridgehead atoms. The van der Waals surface area contributed by atoms with Gasteiger partial charge in [0.2, 0.25) is 0 Å². The molecule has 5 aromatic carbocycles. The second kappa shape index (κ2) is 6.37. The Hall–Kier alpha value is -5.65. The summed E-state index contributed by atoms with van der Waals surface area (Å²) in [6.45, 7) is 0. The number of benzene rings is 5. The molecular formula is C33H14N4O. The molecule has 0 saturated heterocycles. The van der Waals surface area contributed by atoms with Gasteiger partial charge in [-0.2, -0.15) is 10.5 Å². The molecule has 172 valence electrons. The van der Waals surface area contributed by atoms with Gasteiger partial charge in [0.25, 0.3) is 5.56 Å². The molecule has 0 fully saturated rings. The summed E-state index contributed by atoms with van der Waals surface area (Å²) in [4.78, 5) is 14.0. The van der Waals surface area contributed by atoms with Crippen molar-refractivity contribution in [3.63, 3.8) is 0 Å². The lowest BCUT2D eigenvalue weighted by Gasteiger charge is -2.09. The van der Waals surface area contributed by atoms with Gasteiger partial charge in [0.05, 0.1) is 50.8 Å². The van der Waals surface area contributed by atoms with E-state index < -0.39 is 0 Å². The third kappa shape index (κ3) is 2.00. The smallest absolute Gasteiger partial charge is 0.263 e. The van der Waals surface area contributed by atoms with E-state index in [2.05, 4.69) is 22.6 Å². The zero-order valence-electron chi connectivity index (χ0n) is 19.8. The SMILES string of the molecule is N#Cc1ccc2c3c4c5ccccc5c(=O)n5c6ccccc6c(c6c7ccc(C#N)cc7n(c2c1)c36)c45. The second-order valence-corrected chi connectivity index (χ2v) is 9.92. The Morgan fingerprint density at radius 3 is 1.58 bits per heavy atom. The fourth-order valence-corrected chi connectivity index (χ4v) is 6.81. The van der Waals surface area contributed by atoms with E-state index in [1.807, 2.05) is 83.3 Å². The molecule has 9 rings (SSSR count). The maximum atomic E-state index is 14.0. The van der Waals surface area contributed by atoms with Crippen molar-refractivity contribution in [3.8, 4) is 12.1 Å². The van der Waals surface area contributed by atoms with Crippen molar-refractivity contribution in [2.75, 3.05) is 0 Å². The van der Waals surface area contributed by atoms with Crippen LogP contribution in [0.25, 0.3) is 76.1 Å². The van der Waals surface area contributed by atoms with Crippen LogP contribution >= 0.6 is 0 Å². The summed E-state index contributed by atoms with van der Waals surface area (Å²) in [5, 5.41) is 28.3. The van der Waals surface area contributed by atoms with Crippen molar-refractivity contribution in [3.05, 3.63) is 106 Å². The number of hydrogen-bond donors (Lipinski definition) is 0. The van der Waals surface area contributed by atoms with E-state index in [9.17, 15) is 15.3 Å². The molecule has 5 heteroatoms. The fourth-order valence-electron chi connectivity index (χ4n) is 6.81. The summed E-state index contributed by atoms with van der Waals surface area (Å²) >= 11 is 0. The Morgan fingerprint density at radius 1 is 0.500 bits per heavy atom. The Morgan fingerprint density at radius 2 is 0.974 bits per heavy atom. The normalized spacial score (nSPS) is 12.3. The van der Waals surface area contributed by atoms with Gasteiger partial charge in [-0.25, -0.2) is 0 Å². The maximum Gasteiger partial charge on any atom is 0.263 e. The Labute approximate surface area is 213 Å². The molecule has 0 radical (unpaired) electrons. The van der Waals surface area contributed by atoms with Gasteiger partial charge < -0.3 is 4.40 Å². The Kier molecular flexibility index (Phi) is 3.27. The van der Waals surface area contributed by atoms with Crippen molar-refractivity contribution in [1.82, 2.24) is 8.80 Å². The molecule has 0 spiro atoms. The number of rotatable bonds is 0. The molecule has 0 unspecified atom stereocenters. The average Bonchev–Trinajstić information content (AvgIpc) is 3.60. The maximum absolute atomic E-state index is 14.0. The van der Waals surface area contributed by atoms with Gasteiger partial charge in [-0.15, -0.1) is 0 Å². The van der Waals surface area contributed by atoms with Crippen LogP contribution in [-0.2, 0) is 0 Å². The van der Waals surface area contributed by atoms with Gasteiger partial charge >= 0.3 is 0 Å². The van der Waals surface area contributed by atoms with Gasteiger partial charge in [-0.05, 0) is 41.8 Å². The minimum Gasteiger partial charge on any atom is -0.308 e. The van der Waals surface area contributed by atoms with Gasteiger partial charge in [0, 0.05) is 43.1 Å². The standard InChI is InChI=1S/C33H14N4O/c34-15-17-9-11-22-25(13-17)36-26-14-18(16-35)10-12-23(26)30-28-21-7-3-4-8-24(21)37-32(28)27(29(22)31(30)36)19-5-1-2-6-20(19)33(37)38/h1-14H. The lowest BCUT2D eigenvalue weighted by atomic mass is 9.95. The summed E-state index contributed by atoms with van der Waals surface area (Å²) in [5.41, 5.74) is 5.81. The van der Waals surface area contributed by atoms with Crippen LogP contribution in [0, 0.1) is 22.7 Å². The van der Waals surface area contributed by atoms with Crippen LogP contribution in [-0.4, -0.2) is 8.80 Å². The van der Waals surface area contributed by atoms with E-state index >= 15 is 0 Å². The number of pyridine rings is 1. The minimum absolute atomic E-state index is 0.0283. The highest BCUT2D eigenvalue weighted by molar-refractivity contribution is 6.44. The molecular weight excluding hydrogens is 468 g/mol. The number of para-hydroxylation sites is 1. The van der Waals surface area contributed by atoms with E-state index in [4.69, 9.17) is 0 Å². The van der Waals surface area contributed by atoms with Crippen molar-refractivity contribution < 1.29 is 0 Å². The summed E-state index contributed by atoms with van der Waals surface area (Å²) in [6, 6.07) is 32.1. The van der Waals surface area contributed by atoms with E-state index in [0.717, 1.165) is 70.7 Å². The Balaban J connectivity index is 1.80. The minimum atomic E-state index is -0.0283. The largest absolute Gasteiger partial charge is 0.308 e. The van der Waals surface area contributed by atoms with Gasteiger partial charge in [-0.3, -0.25) is 9.20 Å². The van der Waals surface area contributed by atoms with Crippen molar-refractivity contribution >= 4 is 76.1 Å². The van der Waals surface area contributed by atoms with Crippen molar-refractivity contribution in [1.29, 1.82) is 10.5 Å². The third-order valence-electron chi connectivity index (χ3n) is 8.21. The molecule has 9 aromatic rings. The van der Waals surface area contributed by atoms with E-state index in [1.54, 1.807) is 0 Å². The summed E-state index contributed by atoms with van der Waals surface area (Å²) in [6.07, 6.45) is 0. The average molecular weight is 483 g/mol. The van der Waals surface area contributed by atoms with Crippen molar-refractivity contribution in [2.45, 2.75) is 0 Å². The summed E-state index contributed by atoms with van der Waals surface area (Å²) < 4.78 is 4.09. The first-order valence-electron chi connectivity index (χ1n) is 12.4. The molecule has 0 aliphatic rings. The first kappa shape index (κ1) is 19.5. The van der Waals surface area contributed by atoms with Crippen LogP contribution in [0.2, 0.25) is 0 Å². The van der Waals surface area contributed by atoms with Crippen LogP contribution in [0.3, 0.4) is 0 Å². The molecule has 0 atom stereocenters. The molecule has 0 aliphatic heterocycles. The van der Waals surface area contributed by atoms with Crippen LogP contribution in [0.5, 0.6) is 0 Å². The molecule has 4 aromatic heterocycles. The zero-order chi connectivity index (χ0) is 25.3. The molecule has 0 N–H and O–H groups in total. The van der Waals surface area contributed by atoms with Gasteiger partial charge in [0.1, 0.15) is 0 Å². The predicted octanol–water partition coefficient (Wildman–Crippen LogP) is 7.09. The predicted molar refractivity (Wildman–Crippen MR) is 151 cm³/mol. The van der Waals surface area contributed by atoms with Crippen LogP contribution in [0.4, 0.5) is 0 Å². The molecule has 0 amide bonds. The first-order chi connectivity index (χ1) is 18.7. The summed E-state index contributed by atoms with van der Waals surface area (Å²) in [5.74, 6) is 0. The van der Waals surface area contributed by atoms with E-state index in [1.165, 1.54) is 0 Å². The van der Waals surface area contributed by atoms with Crippen molar-refractivity contribution in [2.24, 2.45) is 0 Å². The number of hydrogen-bond acceptors (Lipinski definition) is 3. The number of nitrogens with zero attached hydrogens (tertiary/aromatic N) is 4. The quantitative estimate of drug-likeness (QED) is 0.217. The zero-order valence-corrected chi connectivity index (χ0v) is 19.8.